The van der Waals surface area contributed by atoms with Gasteiger partial charge in [-0.1, -0.05) is 55.3 Å². The van der Waals surface area contributed by atoms with E-state index in [-0.39, 0.29) is 5.92 Å². The van der Waals surface area contributed by atoms with Crippen molar-refractivity contribution in [1.29, 1.82) is 0 Å². The third-order valence-corrected chi connectivity index (χ3v) is 8.01. The second-order valence-corrected chi connectivity index (χ2v) is 11.3. The zero-order valence-corrected chi connectivity index (χ0v) is 21.8. The Hall–Kier alpha value is -1.30. The van der Waals surface area contributed by atoms with Gasteiger partial charge in [0.15, 0.2) is 0 Å². The molecule has 0 radical (unpaired) electrons. The van der Waals surface area contributed by atoms with Gasteiger partial charge >= 0.3 is 0 Å². The van der Waals surface area contributed by atoms with E-state index in [1.807, 2.05) is 6.07 Å². The Balaban J connectivity index is 1.85. The van der Waals surface area contributed by atoms with Crippen LogP contribution in [0.4, 0.5) is 0 Å². The lowest BCUT2D eigenvalue weighted by atomic mass is 9.73. The average Bonchev–Trinajstić information content (AvgIpc) is 3.42. The van der Waals surface area contributed by atoms with Gasteiger partial charge in [0.1, 0.15) is 11.5 Å². The molecule has 5 heteroatoms. The van der Waals surface area contributed by atoms with E-state index >= 15 is 0 Å². The normalized spacial score (nSPS) is 24.7. The predicted molar refractivity (Wildman–Crippen MR) is 142 cm³/mol. The summed E-state index contributed by atoms with van der Waals surface area (Å²) in [5.74, 6) is 2.36. The molecule has 1 aromatic carbocycles. The summed E-state index contributed by atoms with van der Waals surface area (Å²) in [5, 5.41) is 11.2. The molecule has 4 atom stereocenters. The number of thiocarbonyl (C=S) groups is 1. The molecule has 3 rings (SSSR count). The Kier molecular flexibility index (Phi) is 9.27. The van der Waals surface area contributed by atoms with Crippen LogP contribution in [0.1, 0.15) is 76.3 Å². The highest BCUT2D eigenvalue weighted by Gasteiger charge is 2.31. The van der Waals surface area contributed by atoms with E-state index in [4.69, 9.17) is 17.0 Å². The molecule has 1 aliphatic heterocycles. The van der Waals surface area contributed by atoms with Gasteiger partial charge in [-0.25, -0.2) is 0 Å². The number of phenolic OH excluding ortho intramolecular Hbond substituents is 1. The third-order valence-electron chi connectivity index (χ3n) is 6.82. The average molecular weight is 474 g/mol. The number of rotatable bonds is 10. The molecule has 2 unspecified atom stereocenters. The van der Waals surface area contributed by atoms with Gasteiger partial charge < -0.3 is 14.7 Å². The maximum Gasteiger partial charge on any atom is 0.225 e. The first kappa shape index (κ1) is 25.3. The van der Waals surface area contributed by atoms with Crippen LogP contribution in [0.3, 0.4) is 0 Å². The fourth-order valence-electron chi connectivity index (χ4n) is 4.71. The number of benzene rings is 1. The zero-order chi connectivity index (χ0) is 23.3. The first-order valence-electron chi connectivity index (χ1n) is 12.0. The van der Waals surface area contributed by atoms with Crippen molar-refractivity contribution in [1.82, 2.24) is 4.90 Å². The zero-order valence-electron chi connectivity index (χ0n) is 20.2. The molecule has 176 valence electrons. The van der Waals surface area contributed by atoms with Crippen molar-refractivity contribution in [2.24, 2.45) is 5.92 Å². The fraction of sp³-hybridized carbons (Fsp3) is 0.593. The molecule has 32 heavy (non-hydrogen) atoms. The molecule has 1 aliphatic carbocycles. The number of likely N-dealkylation sites (N-methyl/N-ethyl adjacent to an activating group) is 1. The molecule has 1 heterocycles. The summed E-state index contributed by atoms with van der Waals surface area (Å²) in [5.41, 5.74) is 4.49. The summed E-state index contributed by atoms with van der Waals surface area (Å²) in [4.78, 5) is 2.34. The molecule has 0 aromatic heterocycles. The standard InChI is InChI=1S/C27H39NO2S2/c1-6-7-8-9-20-15-24(29)26(23-14-19(4)10-11-22(23)18(2)3)25(16-20)30-27(31)32-13-12-21-17-28(21)5/h14-16,21-23,29H,2,6-13,17H2,1,3-5H3/t21?,22-,23+,28?/m0/s1. The largest absolute Gasteiger partial charge is 0.507 e. The van der Waals surface area contributed by atoms with E-state index in [2.05, 4.69) is 51.4 Å². The van der Waals surface area contributed by atoms with Crippen LogP contribution in [0.15, 0.2) is 35.9 Å². The summed E-state index contributed by atoms with van der Waals surface area (Å²) in [6.45, 7) is 11.9. The number of aryl methyl sites for hydroxylation is 1. The highest BCUT2D eigenvalue weighted by Crippen LogP contribution is 2.47. The third kappa shape index (κ3) is 6.85. The quantitative estimate of drug-likeness (QED) is 0.168. The summed E-state index contributed by atoms with van der Waals surface area (Å²) < 4.78 is 6.83. The van der Waals surface area contributed by atoms with E-state index < -0.39 is 0 Å². The van der Waals surface area contributed by atoms with Gasteiger partial charge in [0, 0.05) is 29.8 Å². The van der Waals surface area contributed by atoms with Gasteiger partial charge in [-0.3, -0.25) is 0 Å². The smallest absolute Gasteiger partial charge is 0.225 e. The van der Waals surface area contributed by atoms with Crippen molar-refractivity contribution in [3.05, 3.63) is 47.1 Å². The van der Waals surface area contributed by atoms with Gasteiger partial charge in [-0.05, 0) is 88.8 Å². The Morgan fingerprint density at radius 3 is 2.75 bits per heavy atom. The number of thioether (sulfide) groups is 1. The van der Waals surface area contributed by atoms with Crippen LogP contribution in [0.5, 0.6) is 11.5 Å². The van der Waals surface area contributed by atoms with Crippen molar-refractivity contribution < 1.29 is 9.84 Å². The number of nitrogens with zero attached hydrogens (tertiary/aromatic N) is 1. The van der Waals surface area contributed by atoms with Crippen LogP contribution in [-0.2, 0) is 6.42 Å². The summed E-state index contributed by atoms with van der Waals surface area (Å²) >= 11 is 7.21. The number of allylic oxidation sites excluding steroid dienone is 3. The second kappa shape index (κ2) is 11.7. The van der Waals surface area contributed by atoms with Crippen LogP contribution < -0.4 is 4.74 Å². The molecule has 2 aliphatic rings. The first-order valence-corrected chi connectivity index (χ1v) is 13.4. The van der Waals surface area contributed by atoms with E-state index in [0.29, 0.717) is 22.1 Å². The van der Waals surface area contributed by atoms with Gasteiger partial charge in [0.2, 0.25) is 4.38 Å². The fourth-order valence-corrected chi connectivity index (χ4v) is 5.76. The minimum Gasteiger partial charge on any atom is -0.507 e. The van der Waals surface area contributed by atoms with Crippen molar-refractivity contribution >= 4 is 28.4 Å². The minimum atomic E-state index is 0.0638. The number of hydrogen-bond acceptors (Lipinski definition) is 5. The van der Waals surface area contributed by atoms with Gasteiger partial charge in [-0.15, -0.1) is 0 Å². The summed E-state index contributed by atoms with van der Waals surface area (Å²) in [7, 11) is 2.15. The highest BCUT2D eigenvalue weighted by molar-refractivity contribution is 8.22. The van der Waals surface area contributed by atoms with E-state index in [0.717, 1.165) is 60.3 Å². The van der Waals surface area contributed by atoms with Gasteiger partial charge in [0.25, 0.3) is 0 Å². The molecule has 1 saturated heterocycles. The van der Waals surface area contributed by atoms with Crippen LogP contribution in [0.25, 0.3) is 0 Å². The second-order valence-electron chi connectivity index (χ2n) is 9.60. The predicted octanol–water partition coefficient (Wildman–Crippen LogP) is 7.24. The van der Waals surface area contributed by atoms with Crippen LogP contribution >= 0.6 is 24.0 Å². The lowest BCUT2D eigenvalue weighted by molar-refractivity contribution is 0.424. The Morgan fingerprint density at radius 2 is 2.09 bits per heavy atom. The molecule has 0 spiro atoms. The van der Waals surface area contributed by atoms with E-state index in [9.17, 15) is 5.11 Å². The van der Waals surface area contributed by atoms with Crippen molar-refractivity contribution in [2.45, 2.75) is 77.7 Å². The Bertz CT molecular complexity index is 863. The first-order chi connectivity index (χ1) is 15.3. The molecule has 0 amide bonds. The maximum atomic E-state index is 11.2. The molecule has 1 aromatic rings. The minimum absolute atomic E-state index is 0.0638. The number of hydrogen-bond donors (Lipinski definition) is 1. The highest BCUT2D eigenvalue weighted by atomic mass is 32.2. The molecular formula is C27H39NO2S2. The van der Waals surface area contributed by atoms with Crippen LogP contribution in [0, 0.1) is 5.92 Å². The number of aromatic hydroxyl groups is 1. The summed E-state index contributed by atoms with van der Waals surface area (Å²) in [6, 6.07) is 4.74. The SMILES string of the molecule is C=C(C)[C@@H]1CCC(C)=C[C@H]1c1c(O)cc(CCCCC)cc1OC(=S)SCCC1CN1C. The van der Waals surface area contributed by atoms with Crippen molar-refractivity contribution in [2.75, 3.05) is 19.3 Å². The molecule has 3 nitrogen and oxygen atoms in total. The maximum absolute atomic E-state index is 11.2. The Labute approximate surface area is 204 Å². The monoisotopic (exact) mass is 473 g/mol. The number of ether oxygens (including phenoxy) is 1. The molecule has 1 N–H and O–H groups in total. The van der Waals surface area contributed by atoms with Crippen molar-refractivity contribution in [3.8, 4) is 11.5 Å². The van der Waals surface area contributed by atoms with E-state index in [1.54, 1.807) is 11.8 Å². The molecule has 0 saturated carbocycles. The number of unbranched alkanes of at least 4 members (excludes halogenated alkanes) is 2. The van der Waals surface area contributed by atoms with Crippen molar-refractivity contribution in [3.63, 3.8) is 0 Å². The van der Waals surface area contributed by atoms with Crippen LogP contribution in [0.2, 0.25) is 0 Å². The Morgan fingerprint density at radius 1 is 1.34 bits per heavy atom. The van der Waals surface area contributed by atoms with Gasteiger partial charge in [0.05, 0.1) is 0 Å². The molecular weight excluding hydrogens is 434 g/mol. The van der Waals surface area contributed by atoms with Gasteiger partial charge in [-0.2, -0.15) is 0 Å². The lowest BCUT2D eigenvalue weighted by Crippen LogP contribution is -2.18. The lowest BCUT2D eigenvalue weighted by Gasteiger charge is -2.32. The van der Waals surface area contributed by atoms with Crippen LogP contribution in [-0.4, -0.2) is 39.8 Å². The van der Waals surface area contributed by atoms with E-state index in [1.165, 1.54) is 25.0 Å². The topological polar surface area (TPSA) is 32.5 Å². The number of phenols is 1. The molecule has 1 fully saturated rings. The molecule has 0 bridgehead atoms. The summed E-state index contributed by atoms with van der Waals surface area (Å²) in [6.07, 6.45) is 9.96.